The largest absolute Gasteiger partial charge is 0.416 e. The first-order valence-electron chi connectivity index (χ1n) is 14.5. The first-order valence-corrected chi connectivity index (χ1v) is 14.5. The quantitative estimate of drug-likeness (QED) is 0.312. The van der Waals surface area contributed by atoms with Crippen LogP contribution in [0.3, 0.4) is 0 Å². The van der Waals surface area contributed by atoms with Crippen LogP contribution in [-0.4, -0.2) is 73.1 Å². The molecule has 2 aliphatic heterocycles. The van der Waals surface area contributed by atoms with E-state index >= 15 is 0 Å². The van der Waals surface area contributed by atoms with Crippen molar-refractivity contribution in [1.82, 2.24) is 34.4 Å². The molecule has 2 aliphatic rings. The number of ether oxygens (including phenoxy) is 1. The van der Waals surface area contributed by atoms with E-state index in [0.717, 1.165) is 32.0 Å². The number of pyridine rings is 1. The highest BCUT2D eigenvalue weighted by atomic mass is 19.4. The summed E-state index contributed by atoms with van der Waals surface area (Å²) in [4.78, 5) is 21.9. The summed E-state index contributed by atoms with van der Waals surface area (Å²) in [6.45, 7) is 3.94. The number of hydrogen-bond donors (Lipinski definition) is 1. The second-order valence-corrected chi connectivity index (χ2v) is 11.3. The number of halogens is 3. The molecule has 0 unspecified atom stereocenters. The number of rotatable bonds is 8. The highest BCUT2D eigenvalue weighted by molar-refractivity contribution is 6.10. The third-order valence-electron chi connectivity index (χ3n) is 8.17. The van der Waals surface area contributed by atoms with Crippen LogP contribution < -0.4 is 10.2 Å². The molecule has 0 spiro atoms. The van der Waals surface area contributed by atoms with Gasteiger partial charge in [0.25, 0.3) is 5.91 Å². The fraction of sp³-hybridized carbons (Fsp3) is 0.433. The number of aryl methyl sites for hydroxylation is 2. The van der Waals surface area contributed by atoms with Crippen molar-refractivity contribution in [2.75, 3.05) is 36.9 Å². The van der Waals surface area contributed by atoms with Crippen molar-refractivity contribution in [3.8, 4) is 22.6 Å². The van der Waals surface area contributed by atoms with Crippen LogP contribution in [-0.2, 0) is 38.2 Å². The van der Waals surface area contributed by atoms with E-state index in [9.17, 15) is 18.0 Å². The van der Waals surface area contributed by atoms with E-state index in [4.69, 9.17) is 4.74 Å². The van der Waals surface area contributed by atoms with E-state index < -0.39 is 17.6 Å². The molecule has 1 amide bonds. The standard InChI is InChI=1S/C30H34F3N9O2/c1-5-34-25-12-19(27-22(14-36-41(27)4)28-38-35-17-40(28)3)13-26(37-25)42-15-23-21(29(42)43)10-18(11-24(23)30(31,32)33)16-44-20-6-8-39(2)9-7-20/h10-14,17,20H,5-9,15-16H2,1-4H3,(H,34,37). The van der Waals surface area contributed by atoms with Crippen molar-refractivity contribution in [2.24, 2.45) is 14.1 Å². The van der Waals surface area contributed by atoms with Gasteiger partial charge in [-0.1, -0.05) is 0 Å². The molecule has 0 aliphatic carbocycles. The number of piperidine rings is 1. The zero-order valence-electron chi connectivity index (χ0n) is 25.0. The lowest BCUT2D eigenvalue weighted by Gasteiger charge is -2.29. The summed E-state index contributed by atoms with van der Waals surface area (Å²) in [5.41, 5.74) is 1.50. The third kappa shape index (κ3) is 5.66. The average Bonchev–Trinajstić information content (AvgIpc) is 3.68. The number of benzene rings is 1. The predicted octanol–water partition coefficient (Wildman–Crippen LogP) is 4.50. The number of fused-ring (bicyclic) bond motifs is 1. The lowest BCUT2D eigenvalue weighted by Crippen LogP contribution is -2.34. The van der Waals surface area contributed by atoms with E-state index in [2.05, 4.69) is 30.5 Å². The van der Waals surface area contributed by atoms with Crippen LogP contribution in [0.25, 0.3) is 22.6 Å². The summed E-state index contributed by atoms with van der Waals surface area (Å²) in [6, 6.07) is 6.15. The number of carbonyl (C=O) groups excluding carboxylic acids is 1. The minimum atomic E-state index is -4.64. The Hall–Kier alpha value is -4.30. The van der Waals surface area contributed by atoms with Crippen LogP contribution in [0.4, 0.5) is 24.8 Å². The SMILES string of the molecule is CCNc1cc(-c2c(-c3nncn3C)cnn2C)cc(N2Cc3c(cc(COC4CCN(C)CC4)cc3C(F)(F)F)C2=O)n1. The zero-order valence-corrected chi connectivity index (χ0v) is 25.0. The molecule has 4 aromatic rings. The molecule has 232 valence electrons. The minimum absolute atomic E-state index is 0.00162. The number of amides is 1. The number of hydrogen-bond acceptors (Lipinski definition) is 8. The fourth-order valence-electron chi connectivity index (χ4n) is 5.89. The number of aromatic nitrogens is 6. The van der Waals surface area contributed by atoms with Crippen molar-refractivity contribution < 1.29 is 22.7 Å². The van der Waals surface area contributed by atoms with E-state index in [0.29, 0.717) is 40.6 Å². The van der Waals surface area contributed by atoms with Crippen molar-refractivity contribution in [2.45, 2.75) is 45.2 Å². The monoisotopic (exact) mass is 609 g/mol. The van der Waals surface area contributed by atoms with Gasteiger partial charge >= 0.3 is 6.18 Å². The van der Waals surface area contributed by atoms with E-state index in [1.807, 2.05) is 27.1 Å². The van der Waals surface area contributed by atoms with Gasteiger partial charge in [-0.2, -0.15) is 18.3 Å². The van der Waals surface area contributed by atoms with Crippen LogP contribution in [0.15, 0.2) is 36.8 Å². The van der Waals surface area contributed by atoms with Gasteiger partial charge in [0.1, 0.15) is 18.0 Å². The molecule has 11 nitrogen and oxygen atoms in total. The Morgan fingerprint density at radius 3 is 2.52 bits per heavy atom. The van der Waals surface area contributed by atoms with Gasteiger partial charge in [-0.15, -0.1) is 10.2 Å². The number of likely N-dealkylation sites (tertiary alicyclic amines) is 1. The summed E-state index contributed by atoms with van der Waals surface area (Å²) in [5.74, 6) is 0.738. The van der Waals surface area contributed by atoms with E-state index in [1.165, 1.54) is 11.0 Å². The first kappa shape index (κ1) is 29.8. The van der Waals surface area contributed by atoms with Gasteiger partial charge in [-0.25, -0.2) is 4.98 Å². The summed E-state index contributed by atoms with van der Waals surface area (Å²) >= 11 is 0. The van der Waals surface area contributed by atoms with Gasteiger partial charge in [0, 0.05) is 44.9 Å². The fourth-order valence-corrected chi connectivity index (χ4v) is 5.89. The Balaban J connectivity index is 1.37. The lowest BCUT2D eigenvalue weighted by atomic mass is 9.99. The van der Waals surface area contributed by atoms with Gasteiger partial charge in [0.2, 0.25) is 0 Å². The molecule has 44 heavy (non-hydrogen) atoms. The molecule has 1 fully saturated rings. The highest BCUT2D eigenvalue weighted by Gasteiger charge is 2.41. The molecule has 0 bridgehead atoms. The van der Waals surface area contributed by atoms with E-state index in [-0.39, 0.29) is 36.2 Å². The van der Waals surface area contributed by atoms with Gasteiger partial charge in [0.05, 0.1) is 42.3 Å². The Morgan fingerprint density at radius 1 is 1.07 bits per heavy atom. The number of nitrogens with one attached hydrogen (secondary N) is 1. The molecule has 0 atom stereocenters. The summed E-state index contributed by atoms with van der Waals surface area (Å²) in [7, 11) is 5.63. The molecule has 0 saturated carbocycles. The average molecular weight is 610 g/mol. The van der Waals surface area contributed by atoms with E-state index in [1.54, 1.807) is 34.9 Å². The van der Waals surface area contributed by atoms with Gasteiger partial charge in [0.15, 0.2) is 5.82 Å². The molecule has 1 N–H and O–H groups in total. The maximum absolute atomic E-state index is 14.4. The lowest BCUT2D eigenvalue weighted by molar-refractivity contribution is -0.138. The molecule has 14 heteroatoms. The van der Waals surface area contributed by atoms with Crippen LogP contribution in [0.5, 0.6) is 0 Å². The van der Waals surface area contributed by atoms with Gasteiger partial charge in [-0.05, 0) is 62.2 Å². The second-order valence-electron chi connectivity index (χ2n) is 11.3. The molecule has 1 aromatic carbocycles. The van der Waals surface area contributed by atoms with Gasteiger partial charge < -0.3 is 19.5 Å². The number of anilines is 2. The summed E-state index contributed by atoms with van der Waals surface area (Å²) in [6.07, 6.45) is 0.203. The predicted molar refractivity (Wildman–Crippen MR) is 158 cm³/mol. The maximum atomic E-state index is 14.4. The summed E-state index contributed by atoms with van der Waals surface area (Å²) in [5, 5.41) is 15.8. The molecule has 0 radical (unpaired) electrons. The molecular weight excluding hydrogens is 575 g/mol. The molecule has 6 rings (SSSR count). The van der Waals surface area contributed by atoms with Crippen LogP contribution in [0.2, 0.25) is 0 Å². The maximum Gasteiger partial charge on any atom is 0.416 e. The second kappa shape index (κ2) is 11.7. The molecular formula is C30H34F3N9O2. The van der Waals surface area contributed by atoms with Crippen LogP contribution in [0, 0.1) is 0 Å². The zero-order chi connectivity index (χ0) is 31.2. The van der Waals surface area contributed by atoms with Crippen molar-refractivity contribution in [1.29, 1.82) is 0 Å². The number of nitrogens with zero attached hydrogens (tertiary/aromatic N) is 8. The number of carbonyl (C=O) groups is 1. The molecule has 3 aromatic heterocycles. The Bertz CT molecular complexity index is 1690. The minimum Gasteiger partial charge on any atom is -0.373 e. The normalized spacial score (nSPS) is 16.2. The molecule has 1 saturated heterocycles. The van der Waals surface area contributed by atoms with Gasteiger partial charge in [-0.3, -0.25) is 14.4 Å². The van der Waals surface area contributed by atoms with Crippen LogP contribution >= 0.6 is 0 Å². The van der Waals surface area contributed by atoms with Crippen molar-refractivity contribution in [3.05, 3.63) is 59.0 Å². The summed E-state index contributed by atoms with van der Waals surface area (Å²) < 4.78 is 52.5. The Labute approximate surface area is 252 Å². The van der Waals surface area contributed by atoms with Crippen molar-refractivity contribution >= 4 is 17.5 Å². The Kier molecular flexibility index (Phi) is 7.88. The molecule has 5 heterocycles. The van der Waals surface area contributed by atoms with Crippen LogP contribution in [0.1, 0.15) is 46.8 Å². The highest BCUT2D eigenvalue weighted by Crippen LogP contribution is 2.41. The first-order chi connectivity index (χ1) is 21.0. The Morgan fingerprint density at radius 2 is 1.84 bits per heavy atom. The topological polar surface area (TPSA) is 106 Å². The smallest absolute Gasteiger partial charge is 0.373 e. The van der Waals surface area contributed by atoms with Crippen molar-refractivity contribution in [3.63, 3.8) is 0 Å². The number of alkyl halides is 3. The third-order valence-corrected chi connectivity index (χ3v) is 8.17.